The number of nitrogens with zero attached hydrogens (tertiary/aromatic N) is 1. The normalized spacial score (nSPS) is 38.8. The second-order valence-electron chi connectivity index (χ2n) is 6.79. The maximum Gasteiger partial charge on any atom is 0.0251 e. The molecule has 0 bridgehead atoms. The van der Waals surface area contributed by atoms with Crippen molar-refractivity contribution in [1.29, 1.82) is 0 Å². The molecule has 0 aromatic rings. The lowest BCUT2D eigenvalue weighted by Crippen LogP contribution is -2.55. The Morgan fingerprint density at radius 3 is 2.67 bits per heavy atom. The minimum absolute atomic E-state index is 0.756. The van der Waals surface area contributed by atoms with Crippen molar-refractivity contribution < 1.29 is 0 Å². The third-order valence-corrected chi connectivity index (χ3v) is 4.89. The van der Waals surface area contributed by atoms with Crippen LogP contribution >= 0.6 is 0 Å². The van der Waals surface area contributed by atoms with Crippen LogP contribution in [0.1, 0.15) is 59.3 Å². The van der Waals surface area contributed by atoms with Crippen LogP contribution in [0.4, 0.5) is 0 Å². The molecule has 0 radical (unpaired) electrons. The standard InChI is InChI=1S/C16H32N2/c1-4-9-17-15-8-7-13(2)11-16(15)18-10-5-6-14(3)12-18/h13-17H,4-12H2,1-3H3. The Morgan fingerprint density at radius 1 is 1.11 bits per heavy atom. The summed E-state index contributed by atoms with van der Waals surface area (Å²) in [4.78, 5) is 2.80. The van der Waals surface area contributed by atoms with Crippen LogP contribution in [0.2, 0.25) is 0 Å². The number of likely N-dealkylation sites (tertiary alicyclic amines) is 1. The summed E-state index contributed by atoms with van der Waals surface area (Å²) in [5.74, 6) is 1.83. The van der Waals surface area contributed by atoms with Gasteiger partial charge in [-0.3, -0.25) is 4.90 Å². The molecule has 4 atom stereocenters. The van der Waals surface area contributed by atoms with Crippen LogP contribution in [-0.2, 0) is 0 Å². The highest BCUT2D eigenvalue weighted by Gasteiger charge is 2.34. The third-order valence-electron chi connectivity index (χ3n) is 4.89. The molecule has 0 aromatic carbocycles. The second kappa shape index (κ2) is 6.91. The minimum atomic E-state index is 0.756. The predicted molar refractivity (Wildman–Crippen MR) is 78.9 cm³/mol. The van der Waals surface area contributed by atoms with Gasteiger partial charge in [0.15, 0.2) is 0 Å². The van der Waals surface area contributed by atoms with Crippen LogP contribution in [0.15, 0.2) is 0 Å². The van der Waals surface area contributed by atoms with E-state index in [1.54, 1.807) is 0 Å². The molecule has 1 heterocycles. The monoisotopic (exact) mass is 252 g/mol. The van der Waals surface area contributed by atoms with Crippen molar-refractivity contribution in [3.8, 4) is 0 Å². The first-order valence-corrected chi connectivity index (χ1v) is 8.18. The molecule has 1 aliphatic heterocycles. The Bertz CT molecular complexity index is 239. The minimum Gasteiger partial charge on any atom is -0.312 e. The van der Waals surface area contributed by atoms with E-state index in [1.807, 2.05) is 0 Å². The van der Waals surface area contributed by atoms with Crippen LogP contribution in [-0.4, -0.2) is 36.6 Å². The summed E-state index contributed by atoms with van der Waals surface area (Å²) in [5, 5.41) is 3.81. The Hall–Kier alpha value is -0.0800. The van der Waals surface area contributed by atoms with Crippen molar-refractivity contribution in [1.82, 2.24) is 10.2 Å². The molecule has 18 heavy (non-hydrogen) atoms. The molecule has 1 aliphatic carbocycles. The van der Waals surface area contributed by atoms with Crippen LogP contribution in [0.25, 0.3) is 0 Å². The molecule has 4 unspecified atom stereocenters. The molecule has 106 valence electrons. The van der Waals surface area contributed by atoms with Crippen molar-refractivity contribution >= 4 is 0 Å². The lowest BCUT2D eigenvalue weighted by Gasteiger charge is -2.45. The van der Waals surface area contributed by atoms with Gasteiger partial charge in [-0.05, 0) is 63.5 Å². The SMILES string of the molecule is CCCNC1CCC(C)CC1N1CCCC(C)C1. The highest BCUT2D eigenvalue weighted by molar-refractivity contribution is 4.91. The van der Waals surface area contributed by atoms with Gasteiger partial charge in [-0.1, -0.05) is 20.8 Å². The molecule has 2 fully saturated rings. The van der Waals surface area contributed by atoms with Gasteiger partial charge in [-0.2, -0.15) is 0 Å². The van der Waals surface area contributed by atoms with E-state index in [9.17, 15) is 0 Å². The molecule has 1 N–H and O–H groups in total. The van der Waals surface area contributed by atoms with Crippen LogP contribution < -0.4 is 5.32 Å². The largest absolute Gasteiger partial charge is 0.312 e. The highest BCUT2D eigenvalue weighted by atomic mass is 15.2. The van der Waals surface area contributed by atoms with E-state index in [0.717, 1.165) is 23.9 Å². The predicted octanol–water partition coefficient (Wildman–Crippen LogP) is 3.28. The Balaban J connectivity index is 1.95. The molecule has 0 amide bonds. The zero-order chi connectivity index (χ0) is 13.0. The molecule has 2 heteroatoms. The van der Waals surface area contributed by atoms with Crippen LogP contribution in [0, 0.1) is 11.8 Å². The fourth-order valence-corrected chi connectivity index (χ4v) is 3.85. The first-order chi connectivity index (χ1) is 8.70. The maximum atomic E-state index is 3.81. The summed E-state index contributed by atoms with van der Waals surface area (Å²) in [6.45, 7) is 11.0. The lowest BCUT2D eigenvalue weighted by molar-refractivity contribution is 0.0654. The molecular weight excluding hydrogens is 220 g/mol. The lowest BCUT2D eigenvalue weighted by atomic mass is 9.81. The van der Waals surface area contributed by atoms with Crippen molar-refractivity contribution in [2.45, 2.75) is 71.4 Å². The molecule has 0 aromatic heterocycles. The molecule has 2 nitrogen and oxygen atoms in total. The van der Waals surface area contributed by atoms with E-state index >= 15 is 0 Å². The van der Waals surface area contributed by atoms with Gasteiger partial charge in [-0.15, -0.1) is 0 Å². The fourth-order valence-electron chi connectivity index (χ4n) is 3.85. The summed E-state index contributed by atoms with van der Waals surface area (Å²) in [7, 11) is 0. The Kier molecular flexibility index (Phi) is 5.50. The first kappa shape index (κ1) is 14.3. The molecular formula is C16H32N2. The summed E-state index contributed by atoms with van der Waals surface area (Å²) >= 11 is 0. The van der Waals surface area contributed by atoms with Gasteiger partial charge in [0.25, 0.3) is 0 Å². The van der Waals surface area contributed by atoms with Gasteiger partial charge >= 0.3 is 0 Å². The van der Waals surface area contributed by atoms with E-state index < -0.39 is 0 Å². The number of hydrogen-bond acceptors (Lipinski definition) is 2. The average molecular weight is 252 g/mol. The number of nitrogens with one attached hydrogen (secondary N) is 1. The molecule has 1 saturated carbocycles. The second-order valence-corrected chi connectivity index (χ2v) is 6.79. The van der Waals surface area contributed by atoms with Crippen molar-refractivity contribution in [2.75, 3.05) is 19.6 Å². The van der Waals surface area contributed by atoms with E-state index in [1.165, 1.54) is 58.2 Å². The van der Waals surface area contributed by atoms with E-state index in [0.29, 0.717) is 0 Å². The smallest absolute Gasteiger partial charge is 0.0251 e. The highest BCUT2D eigenvalue weighted by Crippen LogP contribution is 2.30. The summed E-state index contributed by atoms with van der Waals surface area (Å²) in [6.07, 6.45) is 8.32. The van der Waals surface area contributed by atoms with E-state index in [2.05, 4.69) is 31.0 Å². The van der Waals surface area contributed by atoms with Gasteiger partial charge < -0.3 is 5.32 Å². The van der Waals surface area contributed by atoms with E-state index in [4.69, 9.17) is 0 Å². The number of rotatable bonds is 4. The molecule has 0 spiro atoms. The van der Waals surface area contributed by atoms with Crippen molar-refractivity contribution in [2.24, 2.45) is 11.8 Å². The number of piperidine rings is 1. The molecule has 2 aliphatic rings. The van der Waals surface area contributed by atoms with Crippen LogP contribution in [0.3, 0.4) is 0 Å². The molecule has 1 saturated heterocycles. The van der Waals surface area contributed by atoms with Crippen molar-refractivity contribution in [3.05, 3.63) is 0 Å². The van der Waals surface area contributed by atoms with Gasteiger partial charge in [0.2, 0.25) is 0 Å². The molecule has 2 rings (SSSR count). The van der Waals surface area contributed by atoms with Crippen LogP contribution in [0.5, 0.6) is 0 Å². The summed E-state index contributed by atoms with van der Waals surface area (Å²) in [5.41, 5.74) is 0. The van der Waals surface area contributed by atoms with Gasteiger partial charge in [0, 0.05) is 18.6 Å². The quantitative estimate of drug-likeness (QED) is 0.826. The first-order valence-electron chi connectivity index (χ1n) is 8.18. The zero-order valence-corrected chi connectivity index (χ0v) is 12.6. The summed E-state index contributed by atoms with van der Waals surface area (Å²) in [6, 6.07) is 1.56. The third kappa shape index (κ3) is 3.71. The fraction of sp³-hybridized carbons (Fsp3) is 1.00. The Labute approximate surface area is 114 Å². The van der Waals surface area contributed by atoms with E-state index in [-0.39, 0.29) is 0 Å². The summed E-state index contributed by atoms with van der Waals surface area (Å²) < 4.78 is 0. The topological polar surface area (TPSA) is 15.3 Å². The number of hydrogen-bond donors (Lipinski definition) is 1. The average Bonchev–Trinajstić information content (AvgIpc) is 2.37. The van der Waals surface area contributed by atoms with Gasteiger partial charge in [-0.25, -0.2) is 0 Å². The van der Waals surface area contributed by atoms with Gasteiger partial charge in [0.1, 0.15) is 0 Å². The van der Waals surface area contributed by atoms with Crippen molar-refractivity contribution in [3.63, 3.8) is 0 Å². The van der Waals surface area contributed by atoms with Gasteiger partial charge in [0.05, 0.1) is 0 Å². The Morgan fingerprint density at radius 2 is 1.94 bits per heavy atom. The zero-order valence-electron chi connectivity index (χ0n) is 12.6. The maximum absolute atomic E-state index is 3.81.